The zero-order valence-corrected chi connectivity index (χ0v) is 9.98. The largest absolute Gasteiger partial charge is 0.396 e. The SMILES string of the molecule is C=CCc1ccsc1.Nc1cscc1N. The molecule has 80 valence electrons. The molecule has 0 fully saturated rings. The van der Waals surface area contributed by atoms with Crippen LogP contribution >= 0.6 is 22.7 Å². The lowest BCUT2D eigenvalue weighted by Gasteiger charge is -1.82. The van der Waals surface area contributed by atoms with Gasteiger partial charge in [-0.05, 0) is 28.8 Å². The first-order valence-corrected chi connectivity index (χ1v) is 6.31. The van der Waals surface area contributed by atoms with E-state index in [9.17, 15) is 0 Å². The molecule has 0 spiro atoms. The van der Waals surface area contributed by atoms with Gasteiger partial charge in [-0.1, -0.05) is 6.08 Å². The monoisotopic (exact) mass is 238 g/mol. The van der Waals surface area contributed by atoms with Crippen molar-refractivity contribution in [2.75, 3.05) is 11.5 Å². The standard InChI is InChI=1S/C7H8S.C4H6N2S/c1-2-3-7-4-5-8-6-7;5-3-1-7-2-4(3)6/h2,4-6H,1,3H2;1-2H,5-6H2. The number of thiophene rings is 2. The number of hydrogen-bond acceptors (Lipinski definition) is 4. The molecule has 0 aliphatic heterocycles. The van der Waals surface area contributed by atoms with Crippen molar-refractivity contribution in [2.24, 2.45) is 0 Å². The van der Waals surface area contributed by atoms with Gasteiger partial charge in [0, 0.05) is 10.8 Å². The minimum absolute atomic E-state index is 0.685. The van der Waals surface area contributed by atoms with Crippen molar-refractivity contribution in [1.29, 1.82) is 0 Å². The second-order valence-electron chi connectivity index (χ2n) is 2.91. The molecule has 15 heavy (non-hydrogen) atoms. The van der Waals surface area contributed by atoms with Crippen molar-refractivity contribution in [3.05, 3.63) is 45.8 Å². The van der Waals surface area contributed by atoms with Gasteiger partial charge in [-0.3, -0.25) is 0 Å². The van der Waals surface area contributed by atoms with Crippen molar-refractivity contribution in [3.8, 4) is 0 Å². The van der Waals surface area contributed by atoms with Crippen LogP contribution in [-0.4, -0.2) is 0 Å². The number of anilines is 2. The van der Waals surface area contributed by atoms with Crippen LogP contribution in [0.5, 0.6) is 0 Å². The quantitative estimate of drug-likeness (QED) is 0.788. The Bertz CT molecular complexity index is 374. The third-order valence-corrected chi connectivity index (χ3v) is 3.20. The smallest absolute Gasteiger partial charge is 0.0656 e. The van der Waals surface area contributed by atoms with Gasteiger partial charge in [0.05, 0.1) is 11.4 Å². The molecule has 2 nitrogen and oxygen atoms in total. The average molecular weight is 238 g/mol. The third-order valence-electron chi connectivity index (χ3n) is 1.68. The van der Waals surface area contributed by atoms with E-state index >= 15 is 0 Å². The van der Waals surface area contributed by atoms with Crippen LogP contribution in [-0.2, 0) is 6.42 Å². The lowest BCUT2D eigenvalue weighted by molar-refractivity contribution is 1.31. The number of nitrogens with two attached hydrogens (primary N) is 2. The van der Waals surface area contributed by atoms with Crippen LogP contribution in [0.15, 0.2) is 40.2 Å². The van der Waals surface area contributed by atoms with Gasteiger partial charge in [-0.2, -0.15) is 11.3 Å². The van der Waals surface area contributed by atoms with Crippen molar-refractivity contribution in [2.45, 2.75) is 6.42 Å². The summed E-state index contributed by atoms with van der Waals surface area (Å²) in [6, 6.07) is 2.12. The summed E-state index contributed by atoms with van der Waals surface area (Å²) in [6.45, 7) is 3.64. The molecule has 2 heterocycles. The van der Waals surface area contributed by atoms with Crippen LogP contribution in [0.1, 0.15) is 5.56 Å². The van der Waals surface area contributed by atoms with E-state index in [1.54, 1.807) is 11.3 Å². The number of rotatable bonds is 2. The molecule has 0 amide bonds. The van der Waals surface area contributed by atoms with Crippen LogP contribution < -0.4 is 11.5 Å². The van der Waals surface area contributed by atoms with Gasteiger partial charge < -0.3 is 11.5 Å². The highest BCUT2D eigenvalue weighted by Crippen LogP contribution is 2.17. The molecular formula is C11H14N2S2. The van der Waals surface area contributed by atoms with E-state index < -0.39 is 0 Å². The minimum atomic E-state index is 0.685. The molecule has 0 saturated heterocycles. The highest BCUT2D eigenvalue weighted by Gasteiger charge is 1.88. The summed E-state index contributed by atoms with van der Waals surface area (Å²) < 4.78 is 0. The Morgan fingerprint density at radius 1 is 1.13 bits per heavy atom. The van der Waals surface area contributed by atoms with E-state index in [1.165, 1.54) is 16.9 Å². The first kappa shape index (κ1) is 11.8. The van der Waals surface area contributed by atoms with Crippen molar-refractivity contribution < 1.29 is 0 Å². The molecule has 4 heteroatoms. The summed E-state index contributed by atoms with van der Waals surface area (Å²) in [5.41, 5.74) is 13.4. The van der Waals surface area contributed by atoms with Crippen LogP contribution in [0.2, 0.25) is 0 Å². The van der Waals surface area contributed by atoms with Crippen LogP contribution in [0, 0.1) is 0 Å². The summed E-state index contributed by atoms with van der Waals surface area (Å²) >= 11 is 3.25. The van der Waals surface area contributed by atoms with Gasteiger partial charge in [-0.15, -0.1) is 17.9 Å². The number of hydrogen-bond donors (Lipinski definition) is 2. The molecule has 2 rings (SSSR count). The van der Waals surface area contributed by atoms with E-state index in [2.05, 4.69) is 23.4 Å². The maximum Gasteiger partial charge on any atom is 0.0656 e. The Kier molecular flexibility index (Phi) is 4.93. The number of nitrogen functional groups attached to an aromatic ring is 2. The molecular weight excluding hydrogens is 224 g/mol. The van der Waals surface area contributed by atoms with Crippen LogP contribution in [0.4, 0.5) is 11.4 Å². The van der Waals surface area contributed by atoms with E-state index in [-0.39, 0.29) is 0 Å². The molecule has 2 aromatic rings. The topological polar surface area (TPSA) is 52.0 Å². The van der Waals surface area contributed by atoms with Gasteiger partial charge in [0.1, 0.15) is 0 Å². The lowest BCUT2D eigenvalue weighted by atomic mass is 10.2. The van der Waals surface area contributed by atoms with Crippen molar-refractivity contribution in [3.63, 3.8) is 0 Å². The summed E-state index contributed by atoms with van der Waals surface area (Å²) in [5, 5.41) is 7.85. The second-order valence-corrected chi connectivity index (χ2v) is 4.43. The van der Waals surface area contributed by atoms with Gasteiger partial charge in [0.25, 0.3) is 0 Å². The predicted octanol–water partition coefficient (Wildman–Crippen LogP) is 3.39. The van der Waals surface area contributed by atoms with E-state index in [0.717, 1.165) is 6.42 Å². The second kappa shape index (κ2) is 6.27. The maximum absolute atomic E-state index is 5.33. The molecule has 0 bridgehead atoms. The lowest BCUT2D eigenvalue weighted by Crippen LogP contribution is -1.87. The molecule has 4 N–H and O–H groups in total. The molecule has 0 saturated carbocycles. The Hall–Kier alpha value is -1.26. The molecule has 0 aliphatic rings. The molecule has 0 unspecified atom stereocenters. The van der Waals surface area contributed by atoms with Crippen LogP contribution in [0.3, 0.4) is 0 Å². The van der Waals surface area contributed by atoms with Crippen molar-refractivity contribution in [1.82, 2.24) is 0 Å². The van der Waals surface area contributed by atoms with Gasteiger partial charge >= 0.3 is 0 Å². The molecule has 0 aromatic carbocycles. The normalized spacial score (nSPS) is 9.07. The maximum atomic E-state index is 5.33. The van der Waals surface area contributed by atoms with E-state index in [4.69, 9.17) is 11.5 Å². The van der Waals surface area contributed by atoms with Crippen molar-refractivity contribution >= 4 is 34.0 Å². The Balaban J connectivity index is 0.000000151. The minimum Gasteiger partial charge on any atom is -0.396 e. The highest BCUT2D eigenvalue weighted by molar-refractivity contribution is 7.09. The Morgan fingerprint density at radius 2 is 1.80 bits per heavy atom. The zero-order valence-electron chi connectivity index (χ0n) is 8.35. The Morgan fingerprint density at radius 3 is 2.13 bits per heavy atom. The predicted molar refractivity (Wildman–Crippen MR) is 71.4 cm³/mol. The van der Waals surface area contributed by atoms with Gasteiger partial charge in [0.2, 0.25) is 0 Å². The Labute approximate surface area is 97.9 Å². The summed E-state index contributed by atoms with van der Waals surface area (Å²) in [5.74, 6) is 0. The fraction of sp³-hybridized carbons (Fsp3) is 0.0909. The first-order valence-electron chi connectivity index (χ1n) is 4.43. The summed E-state index contributed by atoms with van der Waals surface area (Å²) in [6.07, 6.45) is 2.92. The molecule has 0 radical (unpaired) electrons. The third kappa shape index (κ3) is 4.18. The van der Waals surface area contributed by atoms with Gasteiger partial charge in [-0.25, -0.2) is 0 Å². The fourth-order valence-corrected chi connectivity index (χ4v) is 2.21. The molecule has 0 aliphatic carbocycles. The highest BCUT2D eigenvalue weighted by atomic mass is 32.1. The van der Waals surface area contributed by atoms with Crippen LogP contribution in [0.25, 0.3) is 0 Å². The van der Waals surface area contributed by atoms with E-state index in [1.807, 2.05) is 16.8 Å². The first-order chi connectivity index (χ1) is 7.24. The average Bonchev–Trinajstić information content (AvgIpc) is 2.82. The zero-order chi connectivity index (χ0) is 11.1. The molecule has 2 aromatic heterocycles. The summed E-state index contributed by atoms with van der Waals surface area (Å²) in [4.78, 5) is 0. The van der Waals surface area contributed by atoms with Gasteiger partial charge in [0.15, 0.2) is 0 Å². The fourth-order valence-electron chi connectivity index (χ4n) is 0.892. The molecule has 0 atom stereocenters. The van der Waals surface area contributed by atoms with E-state index in [0.29, 0.717) is 11.4 Å². The summed E-state index contributed by atoms with van der Waals surface area (Å²) in [7, 11) is 0. The number of allylic oxidation sites excluding steroid dienone is 1.